The van der Waals surface area contributed by atoms with Crippen LogP contribution in [0.1, 0.15) is 39.7 Å². The minimum Gasteiger partial charge on any atom is -0.317 e. The highest BCUT2D eigenvalue weighted by molar-refractivity contribution is 7.99. The molecule has 96 valence electrons. The summed E-state index contributed by atoms with van der Waals surface area (Å²) < 4.78 is 0. The van der Waals surface area contributed by atoms with Crippen LogP contribution in [-0.4, -0.2) is 18.8 Å². The normalized spacial score (nSPS) is 13.7. The van der Waals surface area contributed by atoms with E-state index in [1.54, 1.807) is 0 Å². The van der Waals surface area contributed by atoms with Crippen LogP contribution in [0.25, 0.3) is 0 Å². The molecule has 1 N–H and O–H groups in total. The monoisotopic (exact) mass is 251 g/mol. The molecule has 1 nitrogen and oxygen atoms in total. The second kappa shape index (κ2) is 6.46. The lowest BCUT2D eigenvalue weighted by Gasteiger charge is -2.19. The molecule has 17 heavy (non-hydrogen) atoms. The summed E-state index contributed by atoms with van der Waals surface area (Å²) in [5, 5.41) is 3.27. The maximum absolute atomic E-state index is 3.27. The van der Waals surface area contributed by atoms with Crippen LogP contribution in [-0.2, 0) is 5.41 Å². The SMILES string of the molecule is CNC(C)CCSc1ccc(C(C)(C)C)cc1. The molecule has 0 bridgehead atoms. The first-order valence-corrected chi connectivity index (χ1v) is 7.32. The van der Waals surface area contributed by atoms with Crippen LogP contribution in [0.3, 0.4) is 0 Å². The van der Waals surface area contributed by atoms with Crippen molar-refractivity contribution in [2.75, 3.05) is 12.8 Å². The van der Waals surface area contributed by atoms with E-state index in [-0.39, 0.29) is 5.41 Å². The Morgan fingerprint density at radius 3 is 2.24 bits per heavy atom. The first-order valence-electron chi connectivity index (χ1n) is 6.34. The molecule has 0 heterocycles. The Morgan fingerprint density at radius 2 is 1.76 bits per heavy atom. The molecule has 1 unspecified atom stereocenters. The quantitative estimate of drug-likeness (QED) is 0.792. The van der Waals surface area contributed by atoms with Gasteiger partial charge < -0.3 is 5.32 Å². The maximum atomic E-state index is 3.27. The van der Waals surface area contributed by atoms with Crippen LogP contribution < -0.4 is 5.32 Å². The van der Waals surface area contributed by atoms with E-state index in [1.807, 2.05) is 18.8 Å². The topological polar surface area (TPSA) is 12.0 Å². The Hall–Kier alpha value is -0.470. The van der Waals surface area contributed by atoms with E-state index < -0.39 is 0 Å². The maximum Gasteiger partial charge on any atom is 0.00721 e. The van der Waals surface area contributed by atoms with Gasteiger partial charge in [-0.2, -0.15) is 0 Å². The zero-order chi connectivity index (χ0) is 12.9. The molecule has 0 aromatic heterocycles. The first kappa shape index (κ1) is 14.6. The number of thioether (sulfide) groups is 1. The zero-order valence-corrected chi connectivity index (χ0v) is 12.5. The number of nitrogens with one attached hydrogen (secondary N) is 1. The Balaban J connectivity index is 2.46. The molecule has 1 rings (SSSR count). The third kappa shape index (κ3) is 5.13. The molecule has 0 aliphatic carbocycles. The van der Waals surface area contributed by atoms with Crippen molar-refractivity contribution in [2.24, 2.45) is 0 Å². The minimum atomic E-state index is 0.254. The summed E-state index contributed by atoms with van der Waals surface area (Å²) in [6, 6.07) is 9.61. The van der Waals surface area contributed by atoms with Gasteiger partial charge in [-0.05, 0) is 49.3 Å². The summed E-state index contributed by atoms with van der Waals surface area (Å²) >= 11 is 1.94. The van der Waals surface area contributed by atoms with E-state index in [4.69, 9.17) is 0 Å². The van der Waals surface area contributed by atoms with Gasteiger partial charge in [-0.1, -0.05) is 32.9 Å². The van der Waals surface area contributed by atoms with Gasteiger partial charge in [-0.25, -0.2) is 0 Å². The molecule has 0 aliphatic rings. The molecular weight excluding hydrogens is 226 g/mol. The summed E-state index contributed by atoms with van der Waals surface area (Å²) in [6.45, 7) is 8.99. The Morgan fingerprint density at radius 1 is 1.18 bits per heavy atom. The van der Waals surface area contributed by atoms with Crippen molar-refractivity contribution in [1.82, 2.24) is 5.32 Å². The molecule has 2 heteroatoms. The van der Waals surface area contributed by atoms with Gasteiger partial charge in [0.1, 0.15) is 0 Å². The van der Waals surface area contributed by atoms with E-state index in [1.165, 1.54) is 22.6 Å². The molecule has 0 amide bonds. The average Bonchev–Trinajstić information content (AvgIpc) is 2.28. The van der Waals surface area contributed by atoms with E-state index in [2.05, 4.69) is 57.3 Å². The summed E-state index contributed by atoms with van der Waals surface area (Å²) in [5.41, 5.74) is 1.66. The van der Waals surface area contributed by atoms with Crippen LogP contribution in [0.4, 0.5) is 0 Å². The lowest BCUT2D eigenvalue weighted by atomic mass is 9.87. The van der Waals surface area contributed by atoms with Crippen LogP contribution in [0.2, 0.25) is 0 Å². The summed E-state index contributed by atoms with van der Waals surface area (Å²) in [6.07, 6.45) is 1.21. The second-order valence-corrected chi connectivity index (χ2v) is 6.77. The highest BCUT2D eigenvalue weighted by Gasteiger charge is 2.12. The zero-order valence-electron chi connectivity index (χ0n) is 11.7. The smallest absolute Gasteiger partial charge is 0.00721 e. The predicted molar refractivity (Wildman–Crippen MR) is 79.0 cm³/mol. The first-order chi connectivity index (χ1) is 7.93. The molecule has 0 radical (unpaired) electrons. The van der Waals surface area contributed by atoms with Crippen molar-refractivity contribution < 1.29 is 0 Å². The third-order valence-corrected chi connectivity index (χ3v) is 4.08. The van der Waals surface area contributed by atoms with Crippen molar-refractivity contribution in [3.63, 3.8) is 0 Å². The van der Waals surface area contributed by atoms with Crippen molar-refractivity contribution in [3.8, 4) is 0 Å². The van der Waals surface area contributed by atoms with E-state index in [9.17, 15) is 0 Å². The fraction of sp³-hybridized carbons (Fsp3) is 0.600. The minimum absolute atomic E-state index is 0.254. The second-order valence-electron chi connectivity index (χ2n) is 5.60. The fourth-order valence-corrected chi connectivity index (χ4v) is 2.58. The molecule has 1 aromatic carbocycles. The highest BCUT2D eigenvalue weighted by atomic mass is 32.2. The molecule has 1 atom stereocenters. The van der Waals surface area contributed by atoms with Crippen molar-refractivity contribution >= 4 is 11.8 Å². The standard InChI is InChI=1S/C15H25NS/c1-12(16-5)10-11-17-14-8-6-13(7-9-14)15(2,3)4/h6-9,12,16H,10-11H2,1-5H3. The molecule has 0 aliphatic heterocycles. The van der Waals surface area contributed by atoms with Crippen molar-refractivity contribution in [2.45, 2.75) is 50.5 Å². The lowest BCUT2D eigenvalue weighted by Crippen LogP contribution is -2.21. The molecule has 0 fully saturated rings. The highest BCUT2D eigenvalue weighted by Crippen LogP contribution is 2.26. The van der Waals surface area contributed by atoms with Crippen LogP contribution in [0, 0.1) is 0 Å². The van der Waals surface area contributed by atoms with Gasteiger partial charge in [0, 0.05) is 10.9 Å². The summed E-state index contributed by atoms with van der Waals surface area (Å²) in [4.78, 5) is 1.38. The van der Waals surface area contributed by atoms with Gasteiger partial charge in [0.05, 0.1) is 0 Å². The Kier molecular flexibility index (Phi) is 5.54. The number of hydrogen-bond donors (Lipinski definition) is 1. The van der Waals surface area contributed by atoms with Gasteiger partial charge in [0.2, 0.25) is 0 Å². The lowest BCUT2D eigenvalue weighted by molar-refractivity contribution is 0.589. The number of rotatable bonds is 5. The molecule has 0 saturated heterocycles. The molecule has 0 spiro atoms. The van der Waals surface area contributed by atoms with Gasteiger partial charge >= 0.3 is 0 Å². The van der Waals surface area contributed by atoms with Gasteiger partial charge in [-0.15, -0.1) is 11.8 Å². The van der Waals surface area contributed by atoms with Gasteiger partial charge in [0.15, 0.2) is 0 Å². The summed E-state index contributed by atoms with van der Waals surface area (Å²) in [7, 11) is 2.02. The van der Waals surface area contributed by atoms with E-state index in [0.29, 0.717) is 6.04 Å². The van der Waals surface area contributed by atoms with Crippen LogP contribution >= 0.6 is 11.8 Å². The third-order valence-electron chi connectivity index (χ3n) is 3.03. The Labute approximate surface area is 110 Å². The van der Waals surface area contributed by atoms with Crippen molar-refractivity contribution in [1.29, 1.82) is 0 Å². The Bertz CT molecular complexity index is 324. The molecule has 0 saturated carbocycles. The number of hydrogen-bond acceptors (Lipinski definition) is 2. The average molecular weight is 251 g/mol. The largest absolute Gasteiger partial charge is 0.317 e. The molecule has 1 aromatic rings. The summed E-state index contributed by atoms with van der Waals surface area (Å²) in [5.74, 6) is 1.18. The molecular formula is C15H25NS. The van der Waals surface area contributed by atoms with Crippen molar-refractivity contribution in [3.05, 3.63) is 29.8 Å². The number of benzene rings is 1. The van der Waals surface area contributed by atoms with Crippen LogP contribution in [0.5, 0.6) is 0 Å². The van der Waals surface area contributed by atoms with Gasteiger partial charge in [-0.3, -0.25) is 0 Å². The fourth-order valence-electron chi connectivity index (χ4n) is 1.55. The van der Waals surface area contributed by atoms with Gasteiger partial charge in [0.25, 0.3) is 0 Å². The predicted octanol–water partition coefficient (Wildman–Crippen LogP) is 4.07. The van der Waals surface area contributed by atoms with E-state index in [0.717, 1.165) is 0 Å². The van der Waals surface area contributed by atoms with E-state index >= 15 is 0 Å². The van der Waals surface area contributed by atoms with Crippen LogP contribution in [0.15, 0.2) is 29.2 Å².